The molecule has 3 aromatic rings. The molecule has 170 valence electrons. The molecule has 3 heterocycles. The van der Waals surface area contributed by atoms with Gasteiger partial charge in [-0.1, -0.05) is 24.3 Å². The molecule has 7 nitrogen and oxygen atoms in total. The van der Waals surface area contributed by atoms with Gasteiger partial charge in [-0.15, -0.1) is 0 Å². The molecule has 0 saturated carbocycles. The molecule has 0 radical (unpaired) electrons. The Hall–Kier alpha value is -3.26. The van der Waals surface area contributed by atoms with Gasteiger partial charge in [0, 0.05) is 43.2 Å². The van der Waals surface area contributed by atoms with E-state index in [2.05, 4.69) is 53.3 Å². The van der Waals surface area contributed by atoms with Crippen LogP contribution in [0.5, 0.6) is 0 Å². The number of para-hydroxylation sites is 1. The third-order valence-corrected chi connectivity index (χ3v) is 6.91. The molecule has 5 rings (SSSR count). The standard InChI is InChI=1S/C25H27N5O2S/c1-16-6-5-7-18(14-16)29-13-12-28(15-17(29)2)22(31)11-10-21-24(32)27-23-19-8-3-4-9-20(19)26-25(33)30(21)23/h3-9,14,17,21H,10-13,15H2,1-2H3,(H,27,32). The summed E-state index contributed by atoms with van der Waals surface area (Å²) in [6.45, 7) is 6.39. The lowest BCUT2D eigenvalue weighted by molar-refractivity contribution is -0.132. The summed E-state index contributed by atoms with van der Waals surface area (Å²) >= 11 is 5.48. The maximum absolute atomic E-state index is 13.0. The molecule has 8 heteroatoms. The first-order valence-corrected chi connectivity index (χ1v) is 11.8. The molecule has 1 aromatic heterocycles. The highest BCUT2D eigenvalue weighted by Gasteiger charge is 2.33. The average molecular weight is 462 g/mol. The Morgan fingerprint density at radius 2 is 2.00 bits per heavy atom. The van der Waals surface area contributed by atoms with Crippen LogP contribution in [-0.4, -0.2) is 51.9 Å². The van der Waals surface area contributed by atoms with Crippen molar-refractivity contribution in [1.82, 2.24) is 14.5 Å². The van der Waals surface area contributed by atoms with Crippen molar-refractivity contribution in [2.24, 2.45) is 0 Å². The minimum atomic E-state index is -0.514. The van der Waals surface area contributed by atoms with Gasteiger partial charge < -0.3 is 15.1 Å². The summed E-state index contributed by atoms with van der Waals surface area (Å²) in [6.07, 6.45) is 0.696. The molecule has 2 aliphatic heterocycles. The number of hydrogen-bond acceptors (Lipinski definition) is 5. The number of amides is 2. The number of aryl methyl sites for hydroxylation is 1. The van der Waals surface area contributed by atoms with Crippen molar-refractivity contribution in [1.29, 1.82) is 0 Å². The van der Waals surface area contributed by atoms with Crippen LogP contribution in [0.3, 0.4) is 0 Å². The van der Waals surface area contributed by atoms with Crippen LogP contribution in [-0.2, 0) is 9.59 Å². The van der Waals surface area contributed by atoms with Crippen LogP contribution in [0.4, 0.5) is 11.5 Å². The molecule has 1 fully saturated rings. The SMILES string of the molecule is Cc1cccc(N2CCN(C(=O)CCC3C(=O)Nc4c5ccccc5nc(=S)n43)CC2C)c1. The van der Waals surface area contributed by atoms with E-state index in [-0.39, 0.29) is 17.9 Å². The molecular formula is C25H27N5O2S. The van der Waals surface area contributed by atoms with Gasteiger partial charge in [0.2, 0.25) is 16.6 Å². The van der Waals surface area contributed by atoms with Crippen molar-refractivity contribution >= 4 is 46.4 Å². The number of carbonyl (C=O) groups is 2. The second kappa shape index (κ2) is 8.59. The van der Waals surface area contributed by atoms with Gasteiger partial charge in [0.25, 0.3) is 0 Å². The van der Waals surface area contributed by atoms with Crippen LogP contribution in [0.2, 0.25) is 0 Å². The fraction of sp³-hybridized carbons (Fsp3) is 0.360. The van der Waals surface area contributed by atoms with Gasteiger partial charge in [0.15, 0.2) is 0 Å². The monoisotopic (exact) mass is 461 g/mol. The topological polar surface area (TPSA) is 70.5 Å². The minimum Gasteiger partial charge on any atom is -0.365 e. The highest BCUT2D eigenvalue weighted by atomic mass is 32.1. The summed E-state index contributed by atoms with van der Waals surface area (Å²) in [4.78, 5) is 34.6. The van der Waals surface area contributed by atoms with E-state index >= 15 is 0 Å². The van der Waals surface area contributed by atoms with E-state index in [1.54, 1.807) is 4.57 Å². The van der Waals surface area contributed by atoms with Crippen LogP contribution in [0.15, 0.2) is 48.5 Å². The van der Waals surface area contributed by atoms with E-state index in [4.69, 9.17) is 12.2 Å². The highest BCUT2D eigenvalue weighted by Crippen LogP contribution is 2.33. The van der Waals surface area contributed by atoms with Crippen LogP contribution >= 0.6 is 12.2 Å². The third kappa shape index (κ3) is 3.99. The first kappa shape index (κ1) is 21.6. The van der Waals surface area contributed by atoms with Crippen LogP contribution < -0.4 is 10.2 Å². The number of rotatable bonds is 4. The molecular weight excluding hydrogens is 434 g/mol. The van der Waals surface area contributed by atoms with Gasteiger partial charge in [-0.25, -0.2) is 4.98 Å². The van der Waals surface area contributed by atoms with E-state index in [0.717, 1.165) is 17.4 Å². The normalized spacial score (nSPS) is 20.1. The Morgan fingerprint density at radius 1 is 1.18 bits per heavy atom. The molecule has 2 aliphatic rings. The highest BCUT2D eigenvalue weighted by molar-refractivity contribution is 7.71. The molecule has 33 heavy (non-hydrogen) atoms. The molecule has 2 unspecified atom stereocenters. The predicted octanol–water partition coefficient (Wildman–Crippen LogP) is 4.08. The van der Waals surface area contributed by atoms with E-state index < -0.39 is 6.04 Å². The summed E-state index contributed by atoms with van der Waals surface area (Å²) in [6, 6.07) is 15.8. The van der Waals surface area contributed by atoms with E-state index in [9.17, 15) is 9.59 Å². The van der Waals surface area contributed by atoms with E-state index in [0.29, 0.717) is 36.5 Å². The summed E-state index contributed by atoms with van der Waals surface area (Å²) in [5.74, 6) is 0.616. The Morgan fingerprint density at radius 3 is 2.79 bits per heavy atom. The van der Waals surface area contributed by atoms with Crippen molar-refractivity contribution in [2.45, 2.75) is 38.8 Å². The zero-order valence-electron chi connectivity index (χ0n) is 18.8. The first-order valence-electron chi connectivity index (χ1n) is 11.4. The molecule has 0 spiro atoms. The molecule has 2 atom stereocenters. The molecule has 2 aromatic carbocycles. The largest absolute Gasteiger partial charge is 0.365 e. The van der Waals surface area contributed by atoms with Crippen LogP contribution in [0, 0.1) is 11.7 Å². The lowest BCUT2D eigenvalue weighted by atomic mass is 10.1. The minimum absolute atomic E-state index is 0.0762. The third-order valence-electron chi connectivity index (χ3n) is 6.62. The van der Waals surface area contributed by atoms with Gasteiger partial charge in [-0.2, -0.15) is 0 Å². The number of benzene rings is 2. The molecule has 2 amide bonds. The predicted molar refractivity (Wildman–Crippen MR) is 132 cm³/mol. The van der Waals surface area contributed by atoms with Crippen molar-refractivity contribution < 1.29 is 9.59 Å². The van der Waals surface area contributed by atoms with Crippen LogP contribution in [0.1, 0.15) is 31.4 Å². The summed E-state index contributed by atoms with van der Waals surface area (Å²) in [5, 5.41) is 3.81. The lowest BCUT2D eigenvalue weighted by Crippen LogP contribution is -2.53. The summed E-state index contributed by atoms with van der Waals surface area (Å²) < 4.78 is 2.13. The summed E-state index contributed by atoms with van der Waals surface area (Å²) in [7, 11) is 0. The zero-order valence-corrected chi connectivity index (χ0v) is 19.6. The smallest absolute Gasteiger partial charge is 0.248 e. The maximum atomic E-state index is 13.0. The number of piperazine rings is 1. The van der Waals surface area contributed by atoms with Crippen LogP contribution in [0.25, 0.3) is 10.9 Å². The number of nitrogens with one attached hydrogen (secondary N) is 1. The second-order valence-electron chi connectivity index (χ2n) is 8.90. The summed E-state index contributed by atoms with van der Waals surface area (Å²) in [5.41, 5.74) is 3.18. The van der Waals surface area contributed by atoms with Crippen molar-refractivity contribution in [2.75, 3.05) is 29.9 Å². The Bertz CT molecular complexity index is 1300. The molecule has 0 bridgehead atoms. The molecule has 0 aliphatic carbocycles. The van der Waals surface area contributed by atoms with Gasteiger partial charge in [0.05, 0.1) is 5.52 Å². The lowest BCUT2D eigenvalue weighted by Gasteiger charge is -2.41. The number of hydrogen-bond donors (Lipinski definition) is 1. The fourth-order valence-corrected chi connectivity index (χ4v) is 5.26. The number of aromatic nitrogens is 2. The number of nitrogens with zero attached hydrogens (tertiary/aromatic N) is 4. The fourth-order valence-electron chi connectivity index (χ4n) is 4.94. The van der Waals surface area contributed by atoms with E-state index in [1.165, 1.54) is 11.3 Å². The molecule has 1 saturated heterocycles. The van der Waals surface area contributed by atoms with E-state index in [1.807, 2.05) is 29.2 Å². The van der Waals surface area contributed by atoms with Crippen molar-refractivity contribution in [3.05, 3.63) is 58.9 Å². The van der Waals surface area contributed by atoms with Crippen molar-refractivity contribution in [3.63, 3.8) is 0 Å². The zero-order chi connectivity index (χ0) is 23.1. The van der Waals surface area contributed by atoms with Gasteiger partial charge in [0.1, 0.15) is 11.9 Å². The maximum Gasteiger partial charge on any atom is 0.248 e. The molecule has 1 N–H and O–H groups in total. The van der Waals surface area contributed by atoms with Crippen molar-refractivity contribution in [3.8, 4) is 0 Å². The number of fused-ring (bicyclic) bond motifs is 3. The average Bonchev–Trinajstić information content (AvgIpc) is 3.14. The Balaban J connectivity index is 1.27. The number of carbonyl (C=O) groups excluding carboxylic acids is 2. The van der Waals surface area contributed by atoms with Gasteiger partial charge in [-0.05, 0) is 62.3 Å². The van der Waals surface area contributed by atoms with Gasteiger partial charge in [-0.3, -0.25) is 14.2 Å². The first-order chi connectivity index (χ1) is 15.9. The Kier molecular flexibility index (Phi) is 5.62. The quantitative estimate of drug-likeness (QED) is 0.593. The number of anilines is 2. The Labute approximate surface area is 198 Å². The second-order valence-corrected chi connectivity index (χ2v) is 9.26. The van der Waals surface area contributed by atoms with Gasteiger partial charge >= 0.3 is 0 Å².